The average molecular weight is 342 g/mol. The van der Waals surface area contributed by atoms with Crippen molar-refractivity contribution in [2.45, 2.75) is 39.0 Å². The summed E-state index contributed by atoms with van der Waals surface area (Å²) in [5, 5.41) is 18.9. The van der Waals surface area contributed by atoms with Gasteiger partial charge in [0.15, 0.2) is 0 Å². The number of aromatic nitrogens is 2. The molecule has 120 valence electrons. The van der Waals surface area contributed by atoms with Crippen LogP contribution in [0, 0.1) is 0 Å². The highest BCUT2D eigenvalue weighted by Crippen LogP contribution is 2.24. The number of rotatable bonds is 6. The summed E-state index contributed by atoms with van der Waals surface area (Å²) in [4.78, 5) is 0. The molecule has 2 atom stereocenters. The lowest BCUT2D eigenvalue weighted by Crippen LogP contribution is -2.24. The van der Waals surface area contributed by atoms with Crippen LogP contribution in [0.3, 0.4) is 0 Å². The third-order valence-electron chi connectivity index (χ3n) is 3.54. The fourth-order valence-corrected chi connectivity index (χ4v) is 2.69. The van der Waals surface area contributed by atoms with Crippen molar-refractivity contribution in [3.8, 4) is 0 Å². The predicted octanol–water partition coefficient (Wildman–Crippen LogP) is 4.16. The van der Waals surface area contributed by atoms with Gasteiger partial charge in [-0.15, -0.1) is 0 Å². The van der Waals surface area contributed by atoms with Gasteiger partial charge in [0, 0.05) is 40.4 Å². The van der Waals surface area contributed by atoms with Gasteiger partial charge in [0.2, 0.25) is 0 Å². The first kappa shape index (κ1) is 17.3. The quantitative estimate of drug-likeness (QED) is 0.829. The molecule has 0 aliphatic heterocycles. The molecule has 1 heterocycles. The van der Waals surface area contributed by atoms with Crippen molar-refractivity contribution in [2.75, 3.05) is 6.54 Å². The lowest BCUT2D eigenvalue weighted by molar-refractivity contribution is 0.171. The second-order valence-electron chi connectivity index (χ2n) is 5.70. The molecule has 0 radical (unpaired) electrons. The Morgan fingerprint density at radius 3 is 2.32 bits per heavy atom. The van der Waals surface area contributed by atoms with Gasteiger partial charge in [0.25, 0.3) is 0 Å². The van der Waals surface area contributed by atoms with E-state index in [4.69, 9.17) is 23.2 Å². The van der Waals surface area contributed by atoms with Gasteiger partial charge >= 0.3 is 0 Å². The van der Waals surface area contributed by atoms with Gasteiger partial charge in [-0.05, 0) is 44.5 Å². The molecule has 2 N–H and O–H groups in total. The van der Waals surface area contributed by atoms with Crippen LogP contribution in [-0.4, -0.2) is 21.4 Å². The number of benzene rings is 1. The van der Waals surface area contributed by atoms with Crippen molar-refractivity contribution in [3.05, 3.63) is 51.8 Å². The third kappa shape index (κ3) is 4.46. The Morgan fingerprint density at radius 1 is 1.14 bits per heavy atom. The van der Waals surface area contributed by atoms with Crippen molar-refractivity contribution in [1.29, 1.82) is 0 Å². The van der Waals surface area contributed by atoms with E-state index in [0.717, 1.165) is 5.56 Å². The smallest absolute Gasteiger partial charge is 0.0915 e. The molecule has 1 aromatic carbocycles. The summed E-state index contributed by atoms with van der Waals surface area (Å²) in [6, 6.07) is 5.52. The van der Waals surface area contributed by atoms with Gasteiger partial charge in [-0.25, -0.2) is 0 Å². The van der Waals surface area contributed by atoms with E-state index in [1.165, 1.54) is 0 Å². The summed E-state index contributed by atoms with van der Waals surface area (Å²) in [6.45, 7) is 6.62. The minimum Gasteiger partial charge on any atom is -0.387 e. The number of nitrogens with one attached hydrogen (secondary N) is 1. The molecular formula is C16H21Cl2N3O. The van der Waals surface area contributed by atoms with E-state index < -0.39 is 6.10 Å². The fraction of sp³-hybridized carbons (Fsp3) is 0.438. The Hall–Kier alpha value is -1.07. The zero-order chi connectivity index (χ0) is 16.3. The standard InChI is InChI=1S/C16H21Cl2N3O/c1-10(2)21-9-13(7-20-21)11(3)19-8-16(22)12-4-14(17)6-15(18)5-12/h4-7,9-11,16,19,22H,8H2,1-3H3. The highest BCUT2D eigenvalue weighted by molar-refractivity contribution is 6.34. The second kappa shape index (κ2) is 7.47. The Labute approximate surface area is 141 Å². The maximum absolute atomic E-state index is 10.3. The van der Waals surface area contributed by atoms with Crippen LogP contribution in [0.5, 0.6) is 0 Å². The lowest BCUT2D eigenvalue weighted by atomic mass is 10.1. The molecular weight excluding hydrogens is 321 g/mol. The Morgan fingerprint density at radius 2 is 1.77 bits per heavy atom. The molecule has 2 rings (SSSR count). The second-order valence-corrected chi connectivity index (χ2v) is 6.57. The van der Waals surface area contributed by atoms with Crippen molar-refractivity contribution in [3.63, 3.8) is 0 Å². The molecule has 0 aliphatic carbocycles. The first-order chi connectivity index (χ1) is 10.4. The number of nitrogens with zero attached hydrogens (tertiary/aromatic N) is 2. The molecule has 0 amide bonds. The van der Waals surface area contributed by atoms with Crippen LogP contribution in [0.1, 0.15) is 50.1 Å². The molecule has 0 saturated heterocycles. The number of aliphatic hydroxyl groups excluding tert-OH is 1. The van der Waals surface area contributed by atoms with Crippen LogP contribution < -0.4 is 5.32 Å². The van der Waals surface area contributed by atoms with Crippen LogP contribution in [0.4, 0.5) is 0 Å². The van der Waals surface area contributed by atoms with Crippen LogP contribution in [-0.2, 0) is 0 Å². The summed E-state index contributed by atoms with van der Waals surface area (Å²) >= 11 is 11.9. The summed E-state index contributed by atoms with van der Waals surface area (Å²) < 4.78 is 1.92. The molecule has 1 aromatic heterocycles. The Balaban J connectivity index is 1.96. The largest absolute Gasteiger partial charge is 0.387 e. The van der Waals surface area contributed by atoms with E-state index in [1.807, 2.05) is 24.0 Å². The number of hydrogen-bond acceptors (Lipinski definition) is 3. The van der Waals surface area contributed by atoms with E-state index >= 15 is 0 Å². The SMILES string of the molecule is CC(NCC(O)c1cc(Cl)cc(Cl)c1)c1cnn(C(C)C)c1. The molecule has 0 saturated carbocycles. The Kier molecular flexibility index (Phi) is 5.87. The van der Waals surface area contributed by atoms with E-state index in [-0.39, 0.29) is 6.04 Å². The zero-order valence-corrected chi connectivity index (χ0v) is 14.4. The van der Waals surface area contributed by atoms with Crippen LogP contribution in [0.2, 0.25) is 10.0 Å². The molecule has 2 aromatic rings. The van der Waals surface area contributed by atoms with Crippen molar-refractivity contribution in [2.24, 2.45) is 0 Å². The topological polar surface area (TPSA) is 50.1 Å². The number of aliphatic hydroxyl groups is 1. The summed E-state index contributed by atoms with van der Waals surface area (Å²) in [5.41, 5.74) is 1.79. The van der Waals surface area contributed by atoms with Crippen LogP contribution in [0.15, 0.2) is 30.6 Å². The molecule has 0 fully saturated rings. The zero-order valence-electron chi connectivity index (χ0n) is 12.9. The minimum atomic E-state index is -0.668. The molecule has 6 heteroatoms. The van der Waals surface area contributed by atoms with Gasteiger partial charge < -0.3 is 10.4 Å². The molecule has 0 aliphatic rings. The normalized spacial score (nSPS) is 14.3. The van der Waals surface area contributed by atoms with Crippen LogP contribution in [0.25, 0.3) is 0 Å². The van der Waals surface area contributed by atoms with Crippen molar-refractivity contribution < 1.29 is 5.11 Å². The number of halogens is 2. The molecule has 0 spiro atoms. The maximum atomic E-state index is 10.3. The first-order valence-corrected chi connectivity index (χ1v) is 8.04. The van der Waals surface area contributed by atoms with E-state index in [0.29, 0.717) is 28.2 Å². The monoisotopic (exact) mass is 341 g/mol. The highest BCUT2D eigenvalue weighted by Gasteiger charge is 2.13. The van der Waals surface area contributed by atoms with Gasteiger partial charge in [0.1, 0.15) is 0 Å². The maximum Gasteiger partial charge on any atom is 0.0915 e. The Bertz CT molecular complexity index is 607. The number of hydrogen-bond donors (Lipinski definition) is 2. The van der Waals surface area contributed by atoms with Crippen molar-refractivity contribution in [1.82, 2.24) is 15.1 Å². The van der Waals surface area contributed by atoms with Gasteiger partial charge in [0.05, 0.1) is 12.3 Å². The summed E-state index contributed by atoms with van der Waals surface area (Å²) in [5.74, 6) is 0. The molecule has 4 nitrogen and oxygen atoms in total. The summed E-state index contributed by atoms with van der Waals surface area (Å²) in [7, 11) is 0. The van der Waals surface area contributed by atoms with E-state index in [2.05, 4.69) is 24.3 Å². The molecule has 2 unspecified atom stereocenters. The summed E-state index contributed by atoms with van der Waals surface area (Å²) in [6.07, 6.45) is 3.20. The molecule has 0 bridgehead atoms. The predicted molar refractivity (Wildman–Crippen MR) is 90.5 cm³/mol. The average Bonchev–Trinajstić information content (AvgIpc) is 2.93. The van der Waals surface area contributed by atoms with Gasteiger partial charge in [-0.3, -0.25) is 4.68 Å². The van der Waals surface area contributed by atoms with Crippen LogP contribution >= 0.6 is 23.2 Å². The minimum absolute atomic E-state index is 0.0943. The lowest BCUT2D eigenvalue weighted by Gasteiger charge is -2.17. The molecule has 22 heavy (non-hydrogen) atoms. The van der Waals surface area contributed by atoms with E-state index in [1.54, 1.807) is 18.2 Å². The van der Waals surface area contributed by atoms with Crippen molar-refractivity contribution >= 4 is 23.2 Å². The van der Waals surface area contributed by atoms with Gasteiger partial charge in [-0.2, -0.15) is 5.10 Å². The van der Waals surface area contributed by atoms with E-state index in [9.17, 15) is 5.11 Å². The van der Waals surface area contributed by atoms with Gasteiger partial charge in [-0.1, -0.05) is 23.2 Å². The highest BCUT2D eigenvalue weighted by atomic mass is 35.5. The fourth-order valence-electron chi connectivity index (χ4n) is 2.15. The third-order valence-corrected chi connectivity index (χ3v) is 3.97. The first-order valence-electron chi connectivity index (χ1n) is 7.28.